The molecule has 1 aliphatic heterocycles. The summed E-state index contributed by atoms with van der Waals surface area (Å²) in [7, 11) is 0. The maximum Gasteiger partial charge on any atom is 0.261 e. The number of nitrogens with one attached hydrogen (secondary N) is 2. The number of carbonyl (C=O) groups excluding carboxylic acids is 3. The highest BCUT2D eigenvalue weighted by molar-refractivity contribution is 7.21. The molecule has 10 heteroatoms. The summed E-state index contributed by atoms with van der Waals surface area (Å²) in [4.78, 5) is 39.7. The quantitative estimate of drug-likeness (QED) is 0.236. The number of nitrogen functional groups attached to an aromatic ring is 1. The van der Waals surface area contributed by atoms with E-state index in [0.717, 1.165) is 5.56 Å². The van der Waals surface area contributed by atoms with Gasteiger partial charge in [0.2, 0.25) is 5.91 Å². The molecule has 2 aliphatic rings. The van der Waals surface area contributed by atoms with Crippen molar-refractivity contribution < 1.29 is 19.1 Å². The van der Waals surface area contributed by atoms with Crippen molar-refractivity contribution in [2.24, 2.45) is 11.5 Å². The lowest BCUT2D eigenvalue weighted by molar-refractivity contribution is -0.125. The molecule has 1 fully saturated rings. The number of benzene rings is 3. The maximum absolute atomic E-state index is 14.1. The van der Waals surface area contributed by atoms with Gasteiger partial charge in [-0.2, -0.15) is 0 Å². The van der Waals surface area contributed by atoms with E-state index in [4.69, 9.17) is 21.9 Å². The Morgan fingerprint density at radius 1 is 1.07 bits per heavy atom. The number of anilines is 1. The molecule has 3 aromatic carbocycles. The van der Waals surface area contributed by atoms with Gasteiger partial charge in [0.15, 0.2) is 5.78 Å². The molecule has 2 heterocycles. The van der Waals surface area contributed by atoms with Crippen molar-refractivity contribution in [3.05, 3.63) is 87.8 Å². The van der Waals surface area contributed by atoms with Gasteiger partial charge in [0.05, 0.1) is 15.6 Å². The predicted molar refractivity (Wildman–Crippen MR) is 154 cm³/mol. The van der Waals surface area contributed by atoms with Crippen molar-refractivity contribution >= 4 is 44.7 Å². The van der Waals surface area contributed by atoms with Gasteiger partial charge in [0.25, 0.3) is 5.91 Å². The third-order valence-electron chi connectivity index (χ3n) is 7.70. The van der Waals surface area contributed by atoms with Crippen LogP contribution in [0.25, 0.3) is 10.1 Å². The molecule has 9 nitrogen and oxygen atoms in total. The number of hydrogen-bond donors (Lipinski definition) is 5. The van der Waals surface area contributed by atoms with Gasteiger partial charge in [0.1, 0.15) is 17.0 Å². The van der Waals surface area contributed by atoms with Gasteiger partial charge in [-0.1, -0.05) is 30.3 Å². The predicted octanol–water partition coefficient (Wildman–Crippen LogP) is 3.38. The summed E-state index contributed by atoms with van der Waals surface area (Å²) >= 11 is 1.19. The van der Waals surface area contributed by atoms with Crippen LogP contribution in [0.2, 0.25) is 0 Å². The zero-order valence-electron chi connectivity index (χ0n) is 21.8. The Balaban J connectivity index is 1.44. The van der Waals surface area contributed by atoms with Crippen LogP contribution in [0.4, 0.5) is 5.69 Å². The molecule has 3 unspecified atom stereocenters. The minimum atomic E-state index is -1.57. The van der Waals surface area contributed by atoms with Gasteiger partial charge in [-0.15, -0.1) is 11.3 Å². The van der Waals surface area contributed by atoms with E-state index < -0.39 is 17.4 Å². The molecule has 1 aliphatic carbocycles. The summed E-state index contributed by atoms with van der Waals surface area (Å²) in [6.45, 7) is 2.36. The normalized spacial score (nSPS) is 22.2. The first-order valence-corrected chi connectivity index (χ1v) is 13.9. The first-order valence-electron chi connectivity index (χ1n) is 13.0. The van der Waals surface area contributed by atoms with Crippen molar-refractivity contribution in [3.8, 4) is 11.5 Å². The van der Waals surface area contributed by atoms with E-state index in [1.54, 1.807) is 24.3 Å². The number of rotatable bonds is 5. The number of aryl methyl sites for hydroxylation is 1. The number of para-hydroxylation sites is 1. The molecular formula is C30H29N5O4S. The lowest BCUT2D eigenvalue weighted by Crippen LogP contribution is -2.53. The van der Waals surface area contributed by atoms with Crippen LogP contribution in [0.5, 0.6) is 11.5 Å². The van der Waals surface area contributed by atoms with E-state index in [0.29, 0.717) is 61.8 Å². The highest BCUT2D eigenvalue weighted by atomic mass is 32.1. The molecule has 8 N–H and O–H groups in total. The van der Waals surface area contributed by atoms with E-state index in [-0.39, 0.29) is 24.3 Å². The van der Waals surface area contributed by atoms with Crippen molar-refractivity contribution in [3.63, 3.8) is 0 Å². The highest BCUT2D eigenvalue weighted by Gasteiger charge is 2.49. The summed E-state index contributed by atoms with van der Waals surface area (Å²) < 4.78 is 6.63. The van der Waals surface area contributed by atoms with Gasteiger partial charge in [-0.3, -0.25) is 14.4 Å². The summed E-state index contributed by atoms with van der Waals surface area (Å²) in [5.74, 6) is 0.382. The second-order valence-corrected chi connectivity index (χ2v) is 11.3. The van der Waals surface area contributed by atoms with E-state index in [9.17, 15) is 14.4 Å². The minimum absolute atomic E-state index is 0.115. The maximum atomic E-state index is 14.1. The molecule has 0 saturated carbocycles. The van der Waals surface area contributed by atoms with Crippen LogP contribution < -0.4 is 32.6 Å². The zero-order chi connectivity index (χ0) is 28.2. The fourth-order valence-corrected chi connectivity index (χ4v) is 6.95. The van der Waals surface area contributed by atoms with Gasteiger partial charge in [-0.25, -0.2) is 0 Å². The Kier molecular flexibility index (Phi) is 6.33. The average molecular weight is 556 g/mol. The van der Waals surface area contributed by atoms with Gasteiger partial charge >= 0.3 is 0 Å². The molecule has 204 valence electrons. The average Bonchev–Trinajstić information content (AvgIpc) is 3.34. The van der Waals surface area contributed by atoms with E-state index >= 15 is 0 Å². The second kappa shape index (κ2) is 9.74. The Morgan fingerprint density at radius 3 is 2.55 bits per heavy atom. The molecule has 40 heavy (non-hydrogen) atoms. The fraction of sp³-hybridized carbons (Fsp3) is 0.233. The molecule has 0 bridgehead atoms. The molecule has 4 aromatic rings. The van der Waals surface area contributed by atoms with Crippen LogP contribution in [0.3, 0.4) is 0 Å². The van der Waals surface area contributed by atoms with Crippen LogP contribution in [0, 0.1) is 6.92 Å². The van der Waals surface area contributed by atoms with Crippen LogP contribution in [-0.2, 0) is 15.1 Å². The summed E-state index contributed by atoms with van der Waals surface area (Å²) in [5, 5.41) is 6.34. The van der Waals surface area contributed by atoms with Crippen molar-refractivity contribution in [2.45, 2.75) is 37.4 Å². The number of carbonyl (C=O) groups is 3. The Hall–Kier alpha value is -4.25. The second-order valence-electron chi connectivity index (χ2n) is 10.3. The molecule has 0 spiro atoms. The largest absolute Gasteiger partial charge is 0.457 e. The third kappa shape index (κ3) is 4.12. The number of Topliss-reactive ketones (excluding diaryl/α,β-unsaturated/α-hetero) is 1. The van der Waals surface area contributed by atoms with E-state index in [1.165, 1.54) is 11.3 Å². The number of ketones is 1. The van der Waals surface area contributed by atoms with Crippen molar-refractivity contribution in [1.82, 2.24) is 10.6 Å². The molecule has 2 amide bonds. The Bertz CT molecular complexity index is 1680. The third-order valence-corrected chi connectivity index (χ3v) is 8.96. The van der Waals surface area contributed by atoms with Crippen LogP contribution in [0.1, 0.15) is 50.8 Å². The molecule has 1 saturated heterocycles. The fourth-order valence-electron chi connectivity index (χ4n) is 5.75. The van der Waals surface area contributed by atoms with Gasteiger partial charge < -0.3 is 32.6 Å². The first-order chi connectivity index (χ1) is 19.2. The Morgan fingerprint density at radius 2 is 1.82 bits per heavy atom. The lowest BCUT2D eigenvalue weighted by atomic mass is 9.69. The number of amides is 2. The smallest absolute Gasteiger partial charge is 0.261 e. The standard InChI is InChI=1S/C30H29N5O4S/c1-15-13-18(39-17-5-3-2-4-6-17)7-8-19(15)30(33)20-9-10-21(31)26-23(20)24(25(32)28(30)37)27(40-26)29(38)35-16-11-12-34-22(36)14-16/h2-10,13,16,25H,11-12,14,31-33H2,1H3,(H,34,36)(H,35,38). The van der Waals surface area contributed by atoms with Gasteiger partial charge in [-0.05, 0) is 60.4 Å². The van der Waals surface area contributed by atoms with Gasteiger partial charge in [0, 0.05) is 35.6 Å². The van der Waals surface area contributed by atoms with Crippen LogP contribution in [-0.4, -0.2) is 30.2 Å². The van der Waals surface area contributed by atoms with E-state index in [1.807, 2.05) is 43.3 Å². The minimum Gasteiger partial charge on any atom is -0.457 e. The van der Waals surface area contributed by atoms with Crippen molar-refractivity contribution in [2.75, 3.05) is 12.3 Å². The highest BCUT2D eigenvalue weighted by Crippen LogP contribution is 2.50. The summed E-state index contributed by atoms with van der Waals surface area (Å²) in [5.41, 5.74) is 21.2. The van der Waals surface area contributed by atoms with Crippen LogP contribution >= 0.6 is 11.3 Å². The first kappa shape index (κ1) is 26.0. The molecule has 6 rings (SSSR count). The number of hydrogen-bond acceptors (Lipinski definition) is 8. The molecule has 3 atom stereocenters. The summed E-state index contributed by atoms with van der Waals surface area (Å²) in [6, 6.07) is 16.8. The topological polar surface area (TPSA) is 163 Å². The SMILES string of the molecule is Cc1cc(Oc2ccccc2)ccc1C1(N)C(=O)C(N)c2c(C(=O)NC3CCNC(=O)C3)sc3c(N)ccc1c23. The number of ether oxygens (including phenoxy) is 1. The number of thiophene rings is 1. The molecule has 1 aromatic heterocycles. The number of piperidine rings is 1. The zero-order valence-corrected chi connectivity index (χ0v) is 22.6. The van der Waals surface area contributed by atoms with E-state index in [2.05, 4.69) is 10.6 Å². The number of nitrogens with two attached hydrogens (primary N) is 3. The van der Waals surface area contributed by atoms with Crippen LogP contribution in [0.15, 0.2) is 60.7 Å². The molecular weight excluding hydrogens is 526 g/mol. The molecule has 0 radical (unpaired) electrons. The van der Waals surface area contributed by atoms with Crippen molar-refractivity contribution in [1.29, 1.82) is 0 Å². The Labute approximate surface area is 234 Å². The summed E-state index contributed by atoms with van der Waals surface area (Å²) in [6.07, 6.45) is 0.810. The lowest BCUT2D eigenvalue weighted by Gasteiger charge is -2.37. The monoisotopic (exact) mass is 555 g/mol.